The molecule has 7 heteroatoms. The third-order valence-electron chi connectivity index (χ3n) is 4.79. The Labute approximate surface area is 183 Å². The summed E-state index contributed by atoms with van der Waals surface area (Å²) in [5.74, 6) is -1.41. The van der Waals surface area contributed by atoms with Crippen LogP contribution < -0.4 is 4.90 Å². The fourth-order valence-corrected chi connectivity index (χ4v) is 4.43. The van der Waals surface area contributed by atoms with Crippen LogP contribution in [0.15, 0.2) is 29.2 Å². The van der Waals surface area contributed by atoms with Crippen molar-refractivity contribution in [3.05, 3.63) is 34.7 Å². The number of benzene rings is 1. The smallest absolute Gasteiger partial charge is 0.323 e. The lowest BCUT2D eigenvalue weighted by Gasteiger charge is -2.25. The first-order valence-corrected chi connectivity index (χ1v) is 11.5. The number of thiocarbonyl (C=S) groups is 1. The zero-order chi connectivity index (χ0) is 21.2. The Hall–Kier alpha value is -1.86. The summed E-state index contributed by atoms with van der Waals surface area (Å²) in [6.45, 7) is 6.16. The lowest BCUT2D eigenvalue weighted by atomic mass is 10.1. The maximum Gasteiger partial charge on any atom is 0.323 e. The van der Waals surface area contributed by atoms with Gasteiger partial charge in [-0.1, -0.05) is 75.6 Å². The van der Waals surface area contributed by atoms with E-state index in [1.807, 2.05) is 12.1 Å². The summed E-state index contributed by atoms with van der Waals surface area (Å²) >= 11 is 6.29. The normalized spacial score (nSPS) is 15.4. The first-order chi connectivity index (χ1) is 14.0. The molecule has 0 bridgehead atoms. The van der Waals surface area contributed by atoms with Gasteiger partial charge >= 0.3 is 5.97 Å². The summed E-state index contributed by atoms with van der Waals surface area (Å²) < 4.78 is 0.290. The average molecular weight is 435 g/mol. The standard InChI is InChI=1S/C22H30N2O3S2/c1-3-5-7-13-23(14-8-6-4-2)18-11-9-17(10-12-18)15-19-21(27)24(16-20(25)26)22(28)29-19/h9-12,15H,3-8,13-14,16H2,1-2H3,(H,25,26). The first kappa shape index (κ1) is 23.4. The van der Waals surface area contributed by atoms with Gasteiger partial charge in [0.2, 0.25) is 0 Å². The molecule has 0 spiro atoms. The van der Waals surface area contributed by atoms with Gasteiger partial charge in [-0.15, -0.1) is 0 Å². The first-order valence-electron chi connectivity index (χ1n) is 10.3. The zero-order valence-corrected chi connectivity index (χ0v) is 18.9. The predicted molar refractivity (Wildman–Crippen MR) is 125 cm³/mol. The molecule has 1 aliphatic heterocycles. The summed E-state index contributed by atoms with van der Waals surface area (Å²) in [4.78, 5) is 27.4. The van der Waals surface area contributed by atoms with Crippen molar-refractivity contribution in [3.63, 3.8) is 0 Å². The maximum atomic E-state index is 12.4. The molecular formula is C22H30N2O3S2. The fourth-order valence-electron chi connectivity index (χ4n) is 3.18. The predicted octanol–water partition coefficient (Wildman–Crippen LogP) is 5.16. The van der Waals surface area contributed by atoms with Crippen LogP contribution in [0.3, 0.4) is 0 Å². The molecule has 2 rings (SSSR count). The van der Waals surface area contributed by atoms with Crippen molar-refractivity contribution in [2.45, 2.75) is 52.4 Å². The highest BCUT2D eigenvalue weighted by Gasteiger charge is 2.33. The number of aliphatic carboxylic acids is 1. The van der Waals surface area contributed by atoms with E-state index in [4.69, 9.17) is 17.3 Å². The maximum absolute atomic E-state index is 12.4. The topological polar surface area (TPSA) is 60.9 Å². The van der Waals surface area contributed by atoms with E-state index in [2.05, 4.69) is 30.9 Å². The van der Waals surface area contributed by atoms with Crippen LogP contribution in [0.4, 0.5) is 5.69 Å². The van der Waals surface area contributed by atoms with Crippen molar-refractivity contribution in [1.29, 1.82) is 0 Å². The lowest BCUT2D eigenvalue weighted by molar-refractivity contribution is -0.140. The largest absolute Gasteiger partial charge is 0.480 e. The third-order valence-corrected chi connectivity index (χ3v) is 6.16. The molecule has 0 radical (unpaired) electrons. The number of rotatable bonds is 12. The minimum Gasteiger partial charge on any atom is -0.480 e. The zero-order valence-electron chi connectivity index (χ0n) is 17.2. The second-order valence-electron chi connectivity index (χ2n) is 7.15. The molecule has 1 heterocycles. The van der Waals surface area contributed by atoms with E-state index in [1.165, 1.54) is 44.2 Å². The van der Waals surface area contributed by atoms with Gasteiger partial charge in [0.25, 0.3) is 5.91 Å². The van der Waals surface area contributed by atoms with Crippen molar-refractivity contribution < 1.29 is 14.7 Å². The molecule has 0 aliphatic carbocycles. The van der Waals surface area contributed by atoms with E-state index in [0.29, 0.717) is 9.23 Å². The highest BCUT2D eigenvalue weighted by molar-refractivity contribution is 8.26. The minimum absolute atomic E-state index is 0.290. The van der Waals surface area contributed by atoms with Gasteiger partial charge in [0.05, 0.1) is 4.91 Å². The molecule has 1 fully saturated rings. The van der Waals surface area contributed by atoms with Crippen molar-refractivity contribution in [3.8, 4) is 0 Å². The monoisotopic (exact) mass is 434 g/mol. The molecule has 0 saturated carbocycles. The highest BCUT2D eigenvalue weighted by atomic mass is 32.2. The SMILES string of the molecule is CCCCCN(CCCCC)c1ccc(C=C2SC(=S)N(CC(=O)O)C2=O)cc1. The number of carboxylic acids is 1. The van der Waals surface area contributed by atoms with E-state index in [1.54, 1.807) is 6.08 Å². The quantitative estimate of drug-likeness (QED) is 0.279. The van der Waals surface area contributed by atoms with Gasteiger partial charge in [-0.3, -0.25) is 14.5 Å². The number of unbranched alkanes of at least 4 members (excludes halogenated alkanes) is 4. The van der Waals surface area contributed by atoms with Gasteiger partial charge in [-0.25, -0.2) is 0 Å². The molecule has 1 aliphatic rings. The Morgan fingerprint density at radius 1 is 1.10 bits per heavy atom. The number of carbonyl (C=O) groups excluding carboxylic acids is 1. The molecule has 1 amide bonds. The van der Waals surface area contributed by atoms with Crippen molar-refractivity contribution in [1.82, 2.24) is 4.90 Å². The van der Waals surface area contributed by atoms with Crippen LogP contribution >= 0.6 is 24.0 Å². The number of thioether (sulfide) groups is 1. The Morgan fingerprint density at radius 2 is 1.69 bits per heavy atom. The summed E-state index contributed by atoms with van der Waals surface area (Å²) in [6, 6.07) is 8.21. The molecule has 0 unspecified atom stereocenters. The Kier molecular flexibility index (Phi) is 9.67. The van der Waals surface area contributed by atoms with Crippen molar-refractivity contribution >= 4 is 51.9 Å². The van der Waals surface area contributed by atoms with Gasteiger partial charge in [0.1, 0.15) is 10.9 Å². The molecule has 1 saturated heterocycles. The van der Waals surface area contributed by atoms with Gasteiger partial charge < -0.3 is 10.0 Å². The summed E-state index contributed by atoms with van der Waals surface area (Å²) in [5, 5.41) is 8.94. The molecule has 158 valence electrons. The van der Waals surface area contributed by atoms with Crippen LogP contribution in [-0.2, 0) is 9.59 Å². The second kappa shape index (κ2) is 12.0. The van der Waals surface area contributed by atoms with E-state index in [9.17, 15) is 9.59 Å². The number of hydrogen-bond acceptors (Lipinski definition) is 5. The lowest BCUT2D eigenvalue weighted by Crippen LogP contribution is -2.33. The number of amides is 1. The van der Waals surface area contributed by atoms with E-state index in [-0.39, 0.29) is 5.91 Å². The number of hydrogen-bond donors (Lipinski definition) is 1. The van der Waals surface area contributed by atoms with Crippen LogP contribution in [0, 0.1) is 0 Å². The minimum atomic E-state index is -1.07. The average Bonchev–Trinajstić information content (AvgIpc) is 2.95. The molecule has 0 aromatic heterocycles. The van der Waals surface area contributed by atoms with Gasteiger partial charge in [-0.05, 0) is 36.6 Å². The van der Waals surface area contributed by atoms with Crippen LogP contribution in [0.25, 0.3) is 6.08 Å². The summed E-state index contributed by atoms with van der Waals surface area (Å²) in [7, 11) is 0. The van der Waals surface area contributed by atoms with Gasteiger partial charge in [0, 0.05) is 18.8 Å². The van der Waals surface area contributed by atoms with E-state index in [0.717, 1.165) is 35.3 Å². The van der Waals surface area contributed by atoms with E-state index >= 15 is 0 Å². The highest BCUT2D eigenvalue weighted by Crippen LogP contribution is 2.32. The van der Waals surface area contributed by atoms with Crippen LogP contribution in [0.2, 0.25) is 0 Å². The summed E-state index contributed by atoms with van der Waals surface area (Å²) in [5.41, 5.74) is 2.11. The molecule has 1 N–H and O–H groups in total. The molecule has 0 atom stereocenters. The Bertz CT molecular complexity index is 737. The third kappa shape index (κ3) is 7.16. The number of carbonyl (C=O) groups is 2. The van der Waals surface area contributed by atoms with Crippen LogP contribution in [0.1, 0.15) is 57.9 Å². The van der Waals surface area contributed by atoms with Crippen molar-refractivity contribution in [2.75, 3.05) is 24.5 Å². The molecule has 29 heavy (non-hydrogen) atoms. The molecular weight excluding hydrogens is 404 g/mol. The number of nitrogens with zero attached hydrogens (tertiary/aromatic N) is 2. The summed E-state index contributed by atoms with van der Waals surface area (Å²) in [6.07, 6.45) is 9.06. The van der Waals surface area contributed by atoms with Gasteiger partial charge in [0.15, 0.2) is 0 Å². The van der Waals surface area contributed by atoms with E-state index < -0.39 is 12.5 Å². The Morgan fingerprint density at radius 3 is 2.21 bits per heavy atom. The molecule has 1 aromatic rings. The molecule has 1 aromatic carbocycles. The van der Waals surface area contributed by atoms with Crippen molar-refractivity contribution in [2.24, 2.45) is 0 Å². The Balaban J connectivity index is 2.08. The van der Waals surface area contributed by atoms with Gasteiger partial charge in [-0.2, -0.15) is 0 Å². The second-order valence-corrected chi connectivity index (χ2v) is 8.83. The number of anilines is 1. The molecule has 5 nitrogen and oxygen atoms in total. The fraction of sp³-hybridized carbons (Fsp3) is 0.500. The van der Waals surface area contributed by atoms with Crippen LogP contribution in [0.5, 0.6) is 0 Å². The van der Waals surface area contributed by atoms with Crippen LogP contribution in [-0.4, -0.2) is 45.8 Å². The number of carboxylic acid groups (broad SMARTS) is 1.